The second-order valence-corrected chi connectivity index (χ2v) is 7.62. The van der Waals surface area contributed by atoms with Crippen LogP contribution in [0.2, 0.25) is 5.02 Å². The van der Waals surface area contributed by atoms with Crippen LogP contribution in [-0.4, -0.2) is 0 Å². The van der Waals surface area contributed by atoms with Crippen molar-refractivity contribution in [3.05, 3.63) is 111 Å². The molecule has 2 heterocycles. The van der Waals surface area contributed by atoms with Crippen molar-refractivity contribution >= 4 is 22.6 Å². The molecule has 6 nitrogen and oxygen atoms in total. The van der Waals surface area contributed by atoms with Gasteiger partial charge < -0.3 is 19.6 Å². The smallest absolute Gasteiger partial charge is 0.344 e. The van der Waals surface area contributed by atoms with Gasteiger partial charge in [-0.15, -0.1) is 0 Å². The van der Waals surface area contributed by atoms with Crippen molar-refractivity contribution in [2.45, 2.75) is 5.92 Å². The summed E-state index contributed by atoms with van der Waals surface area (Å²) in [6.45, 7) is 0. The SMILES string of the molecule is N#CC1=C(N)Oc2c(c(=O)oc3ccccc23)C1c1cccc(Oc2ccc(Cl)cc2)c1. The van der Waals surface area contributed by atoms with Crippen LogP contribution in [0.25, 0.3) is 11.0 Å². The Morgan fingerprint density at radius 3 is 2.56 bits per heavy atom. The topological polar surface area (TPSA) is 98.5 Å². The van der Waals surface area contributed by atoms with Crippen molar-refractivity contribution in [1.29, 1.82) is 5.26 Å². The number of para-hydroxylation sites is 1. The number of allylic oxidation sites excluding steroid dienone is 1. The van der Waals surface area contributed by atoms with Crippen molar-refractivity contribution in [3.63, 3.8) is 0 Å². The highest BCUT2D eigenvalue weighted by atomic mass is 35.5. The molecule has 2 N–H and O–H groups in total. The first-order chi connectivity index (χ1) is 15.5. The fourth-order valence-corrected chi connectivity index (χ4v) is 3.92. The van der Waals surface area contributed by atoms with Gasteiger partial charge in [0, 0.05) is 5.02 Å². The lowest BCUT2D eigenvalue weighted by atomic mass is 9.84. The molecule has 5 rings (SSSR count). The normalized spacial score (nSPS) is 15.1. The minimum Gasteiger partial charge on any atom is -0.457 e. The van der Waals surface area contributed by atoms with Gasteiger partial charge in [-0.3, -0.25) is 0 Å². The molecule has 0 radical (unpaired) electrons. The first kappa shape index (κ1) is 19.7. The minimum atomic E-state index is -0.765. The maximum atomic E-state index is 13.0. The Labute approximate surface area is 187 Å². The van der Waals surface area contributed by atoms with E-state index < -0.39 is 11.5 Å². The summed E-state index contributed by atoms with van der Waals surface area (Å²) in [5.74, 6) is 0.601. The fourth-order valence-electron chi connectivity index (χ4n) is 3.80. The van der Waals surface area contributed by atoms with Crippen molar-refractivity contribution in [2.75, 3.05) is 0 Å². The fraction of sp³-hybridized carbons (Fsp3) is 0.0400. The van der Waals surface area contributed by atoms with Gasteiger partial charge in [0.2, 0.25) is 5.88 Å². The molecule has 1 aliphatic heterocycles. The summed E-state index contributed by atoms with van der Waals surface area (Å²) >= 11 is 5.94. The van der Waals surface area contributed by atoms with Crippen molar-refractivity contribution in [1.82, 2.24) is 0 Å². The maximum Gasteiger partial charge on any atom is 0.344 e. The van der Waals surface area contributed by atoms with E-state index in [4.69, 9.17) is 31.2 Å². The van der Waals surface area contributed by atoms with Gasteiger partial charge in [-0.25, -0.2) is 4.79 Å². The van der Waals surface area contributed by atoms with E-state index in [1.807, 2.05) is 0 Å². The highest BCUT2D eigenvalue weighted by Gasteiger charge is 2.35. The van der Waals surface area contributed by atoms with Gasteiger partial charge in [-0.1, -0.05) is 35.9 Å². The van der Waals surface area contributed by atoms with Crippen LogP contribution in [0.15, 0.2) is 93.5 Å². The van der Waals surface area contributed by atoms with Crippen LogP contribution in [0.5, 0.6) is 17.2 Å². The molecular weight excluding hydrogens is 428 g/mol. The quantitative estimate of drug-likeness (QED) is 0.423. The highest BCUT2D eigenvalue weighted by molar-refractivity contribution is 6.30. The van der Waals surface area contributed by atoms with E-state index in [2.05, 4.69) is 6.07 Å². The molecule has 0 aliphatic carbocycles. The predicted octanol–water partition coefficient (Wildman–Crippen LogP) is 5.46. The second-order valence-electron chi connectivity index (χ2n) is 7.18. The number of rotatable bonds is 3. The third kappa shape index (κ3) is 3.35. The van der Waals surface area contributed by atoms with E-state index >= 15 is 0 Å². The molecule has 0 saturated carbocycles. The monoisotopic (exact) mass is 442 g/mol. The van der Waals surface area contributed by atoms with Gasteiger partial charge in [-0.2, -0.15) is 5.26 Å². The van der Waals surface area contributed by atoms with Gasteiger partial charge in [0.05, 0.1) is 16.9 Å². The van der Waals surface area contributed by atoms with Crippen LogP contribution < -0.4 is 20.8 Å². The number of hydrogen-bond donors (Lipinski definition) is 1. The van der Waals surface area contributed by atoms with Gasteiger partial charge >= 0.3 is 5.63 Å². The van der Waals surface area contributed by atoms with Gasteiger partial charge in [0.1, 0.15) is 28.7 Å². The summed E-state index contributed by atoms with van der Waals surface area (Å²) in [6.07, 6.45) is 0. The lowest BCUT2D eigenvalue weighted by molar-refractivity contribution is 0.388. The first-order valence-electron chi connectivity index (χ1n) is 9.72. The summed E-state index contributed by atoms with van der Waals surface area (Å²) in [5, 5.41) is 11.0. The largest absolute Gasteiger partial charge is 0.457 e. The molecule has 0 saturated heterocycles. The third-order valence-electron chi connectivity index (χ3n) is 5.21. The molecular formula is C25H15ClN2O4. The number of nitriles is 1. The van der Waals surface area contributed by atoms with E-state index in [1.165, 1.54) is 0 Å². The van der Waals surface area contributed by atoms with Crippen LogP contribution in [-0.2, 0) is 0 Å². The zero-order valence-corrected chi connectivity index (χ0v) is 17.3. The van der Waals surface area contributed by atoms with Crippen LogP contribution in [0.1, 0.15) is 17.0 Å². The molecule has 7 heteroatoms. The van der Waals surface area contributed by atoms with E-state index in [-0.39, 0.29) is 17.0 Å². The van der Waals surface area contributed by atoms with E-state index in [1.54, 1.807) is 72.8 Å². The molecule has 0 spiro atoms. The predicted molar refractivity (Wildman–Crippen MR) is 120 cm³/mol. The van der Waals surface area contributed by atoms with Gasteiger partial charge in [0.15, 0.2) is 5.75 Å². The molecule has 32 heavy (non-hydrogen) atoms. The lowest BCUT2D eigenvalue weighted by Gasteiger charge is -2.26. The van der Waals surface area contributed by atoms with E-state index in [0.29, 0.717) is 38.8 Å². The number of halogens is 1. The maximum absolute atomic E-state index is 13.0. The molecule has 1 aromatic heterocycles. The van der Waals surface area contributed by atoms with Crippen LogP contribution in [0.3, 0.4) is 0 Å². The molecule has 156 valence electrons. The van der Waals surface area contributed by atoms with Crippen LogP contribution >= 0.6 is 11.6 Å². The number of fused-ring (bicyclic) bond motifs is 3. The summed E-state index contributed by atoms with van der Waals surface area (Å²) in [4.78, 5) is 13.0. The number of benzene rings is 3. The second kappa shape index (κ2) is 7.80. The summed E-state index contributed by atoms with van der Waals surface area (Å²) in [6, 6.07) is 23.2. The standard InChI is InChI=1S/C25H15ClN2O4/c26-15-8-10-16(11-9-15)30-17-5-3-4-14(12-17)21-19(13-27)24(28)32-23-18-6-1-2-7-20(18)31-25(29)22(21)23/h1-12,21H,28H2. The molecule has 4 aromatic rings. The molecule has 1 aliphatic rings. The van der Waals surface area contributed by atoms with E-state index in [0.717, 1.165) is 0 Å². The van der Waals surface area contributed by atoms with Crippen molar-refractivity contribution in [3.8, 4) is 23.3 Å². The molecule has 1 unspecified atom stereocenters. The average molecular weight is 443 g/mol. The van der Waals surface area contributed by atoms with E-state index in [9.17, 15) is 10.1 Å². The zero-order chi connectivity index (χ0) is 22.2. The third-order valence-corrected chi connectivity index (χ3v) is 5.47. The molecule has 0 amide bonds. The molecule has 3 aromatic carbocycles. The van der Waals surface area contributed by atoms with Crippen molar-refractivity contribution in [2.24, 2.45) is 5.73 Å². The van der Waals surface area contributed by atoms with Crippen LogP contribution in [0, 0.1) is 11.3 Å². The number of ether oxygens (including phenoxy) is 2. The summed E-state index contributed by atoms with van der Waals surface area (Å²) in [7, 11) is 0. The number of nitrogens with zero attached hydrogens (tertiary/aromatic N) is 1. The molecule has 1 atom stereocenters. The zero-order valence-electron chi connectivity index (χ0n) is 16.5. The summed E-state index contributed by atoms with van der Waals surface area (Å²) < 4.78 is 17.2. The Morgan fingerprint density at radius 1 is 1.00 bits per heavy atom. The number of nitrogens with two attached hydrogens (primary N) is 1. The van der Waals surface area contributed by atoms with Gasteiger partial charge in [0.25, 0.3) is 0 Å². The highest BCUT2D eigenvalue weighted by Crippen LogP contribution is 2.44. The Balaban J connectivity index is 1.66. The Morgan fingerprint density at radius 2 is 1.78 bits per heavy atom. The Kier molecular flexibility index (Phi) is 4.81. The first-order valence-corrected chi connectivity index (χ1v) is 10.1. The lowest BCUT2D eigenvalue weighted by Crippen LogP contribution is -2.26. The van der Waals surface area contributed by atoms with Crippen molar-refractivity contribution < 1.29 is 13.9 Å². The summed E-state index contributed by atoms with van der Waals surface area (Å²) in [5.41, 5.74) is 6.89. The molecule has 0 fully saturated rings. The van der Waals surface area contributed by atoms with Crippen LogP contribution in [0.4, 0.5) is 0 Å². The Bertz CT molecular complexity index is 1480. The minimum absolute atomic E-state index is 0.0511. The van der Waals surface area contributed by atoms with Gasteiger partial charge in [-0.05, 0) is 54.1 Å². The number of hydrogen-bond acceptors (Lipinski definition) is 6. The Hall–Kier alpha value is -4.21. The average Bonchev–Trinajstić information content (AvgIpc) is 2.80. The molecule has 0 bridgehead atoms.